The van der Waals surface area contributed by atoms with Crippen molar-refractivity contribution in [2.24, 2.45) is 11.7 Å². The van der Waals surface area contributed by atoms with Crippen LogP contribution in [0.5, 0.6) is 0 Å². The molecule has 1 aromatic rings. The van der Waals surface area contributed by atoms with Crippen LogP contribution in [0.2, 0.25) is 0 Å². The fourth-order valence-corrected chi connectivity index (χ4v) is 3.34. The standard InChI is InChI=1S/C16H25N3O2S/c1-10-4-5-14(22-10)15(20)18-13-6-8-19(9-7-13)16(21)11(2)12(3)17/h4-5,11-13H,6-9,17H2,1-3H3,(H,18,20). The van der Waals surface area contributed by atoms with Gasteiger partial charge in [-0.2, -0.15) is 0 Å². The number of piperidine rings is 1. The van der Waals surface area contributed by atoms with E-state index in [2.05, 4.69) is 5.32 Å². The van der Waals surface area contributed by atoms with E-state index < -0.39 is 0 Å². The number of amides is 2. The molecule has 1 aliphatic rings. The second-order valence-corrected chi connectivity index (χ2v) is 7.42. The van der Waals surface area contributed by atoms with E-state index in [-0.39, 0.29) is 29.8 Å². The molecular weight excluding hydrogens is 298 g/mol. The lowest BCUT2D eigenvalue weighted by Gasteiger charge is -2.34. The van der Waals surface area contributed by atoms with Crippen molar-refractivity contribution in [3.8, 4) is 0 Å². The van der Waals surface area contributed by atoms with Crippen LogP contribution in [0.15, 0.2) is 12.1 Å². The van der Waals surface area contributed by atoms with Crippen LogP contribution in [0.1, 0.15) is 41.2 Å². The van der Waals surface area contributed by atoms with E-state index in [1.165, 1.54) is 11.3 Å². The maximum atomic E-state index is 12.3. The smallest absolute Gasteiger partial charge is 0.261 e. The zero-order valence-corrected chi connectivity index (χ0v) is 14.3. The number of carbonyl (C=O) groups excluding carboxylic acids is 2. The highest BCUT2D eigenvalue weighted by atomic mass is 32.1. The van der Waals surface area contributed by atoms with Crippen LogP contribution >= 0.6 is 11.3 Å². The molecule has 0 aliphatic carbocycles. The minimum absolute atomic E-state index is 0.00757. The van der Waals surface area contributed by atoms with E-state index in [1.54, 1.807) is 0 Å². The molecule has 1 saturated heterocycles. The van der Waals surface area contributed by atoms with E-state index in [0.29, 0.717) is 13.1 Å². The molecule has 0 radical (unpaired) electrons. The number of rotatable bonds is 4. The van der Waals surface area contributed by atoms with E-state index in [0.717, 1.165) is 22.6 Å². The predicted molar refractivity (Wildman–Crippen MR) is 88.9 cm³/mol. The Bertz CT molecular complexity index is 533. The molecule has 2 atom stereocenters. The van der Waals surface area contributed by atoms with Crippen LogP contribution in [-0.2, 0) is 4.79 Å². The van der Waals surface area contributed by atoms with Gasteiger partial charge in [-0.3, -0.25) is 9.59 Å². The van der Waals surface area contributed by atoms with Gasteiger partial charge in [0.05, 0.1) is 10.8 Å². The molecule has 3 N–H and O–H groups in total. The first-order valence-electron chi connectivity index (χ1n) is 7.80. The lowest BCUT2D eigenvalue weighted by Crippen LogP contribution is -2.49. The van der Waals surface area contributed by atoms with Crippen LogP contribution in [0.3, 0.4) is 0 Å². The quantitative estimate of drug-likeness (QED) is 0.886. The Labute approximate surface area is 135 Å². The minimum atomic E-state index is -0.153. The van der Waals surface area contributed by atoms with Crippen molar-refractivity contribution in [2.75, 3.05) is 13.1 Å². The van der Waals surface area contributed by atoms with Gasteiger partial charge < -0.3 is 16.0 Å². The maximum Gasteiger partial charge on any atom is 0.261 e. The van der Waals surface area contributed by atoms with Crippen molar-refractivity contribution >= 4 is 23.2 Å². The number of nitrogens with one attached hydrogen (secondary N) is 1. The summed E-state index contributed by atoms with van der Waals surface area (Å²) in [5.74, 6) is -0.0410. The average molecular weight is 323 g/mol. The van der Waals surface area contributed by atoms with Gasteiger partial charge in [-0.25, -0.2) is 0 Å². The number of hydrogen-bond donors (Lipinski definition) is 2. The molecule has 5 nitrogen and oxygen atoms in total. The first kappa shape index (κ1) is 17.0. The third kappa shape index (κ3) is 4.08. The van der Waals surface area contributed by atoms with Crippen molar-refractivity contribution < 1.29 is 9.59 Å². The second-order valence-electron chi connectivity index (χ2n) is 6.13. The molecular formula is C16H25N3O2S. The second kappa shape index (κ2) is 7.24. The third-order valence-electron chi connectivity index (χ3n) is 4.28. The first-order chi connectivity index (χ1) is 10.4. The highest BCUT2D eigenvalue weighted by Gasteiger charge is 2.28. The van der Waals surface area contributed by atoms with Crippen LogP contribution in [0.25, 0.3) is 0 Å². The molecule has 6 heteroatoms. The average Bonchev–Trinajstić information content (AvgIpc) is 2.93. The SMILES string of the molecule is Cc1ccc(C(=O)NC2CCN(C(=O)C(C)C(C)N)CC2)s1. The molecule has 1 aromatic heterocycles. The Hall–Kier alpha value is -1.40. The fraction of sp³-hybridized carbons (Fsp3) is 0.625. The van der Waals surface area contributed by atoms with E-state index in [1.807, 2.05) is 37.8 Å². The maximum absolute atomic E-state index is 12.3. The fourth-order valence-electron chi connectivity index (χ4n) is 2.57. The summed E-state index contributed by atoms with van der Waals surface area (Å²) in [6.45, 7) is 7.10. The molecule has 0 saturated carbocycles. The van der Waals surface area contributed by atoms with Crippen molar-refractivity contribution in [2.45, 2.75) is 45.7 Å². The van der Waals surface area contributed by atoms with Gasteiger partial charge in [0.15, 0.2) is 0 Å². The molecule has 22 heavy (non-hydrogen) atoms. The normalized spacial score (nSPS) is 18.8. The number of likely N-dealkylation sites (tertiary alicyclic amines) is 1. The Kier molecular flexibility index (Phi) is 5.58. The summed E-state index contributed by atoms with van der Waals surface area (Å²) < 4.78 is 0. The number of nitrogens with zero attached hydrogens (tertiary/aromatic N) is 1. The number of thiophene rings is 1. The van der Waals surface area contributed by atoms with Crippen molar-refractivity contribution in [1.29, 1.82) is 0 Å². The predicted octanol–water partition coefficient (Wildman–Crippen LogP) is 1.76. The van der Waals surface area contributed by atoms with Crippen LogP contribution in [0.4, 0.5) is 0 Å². The lowest BCUT2D eigenvalue weighted by atomic mass is 9.99. The van der Waals surface area contributed by atoms with Gasteiger partial charge in [0.25, 0.3) is 5.91 Å². The summed E-state index contributed by atoms with van der Waals surface area (Å²) in [6, 6.07) is 3.82. The Balaban J connectivity index is 1.82. The number of carbonyl (C=O) groups is 2. The molecule has 1 aliphatic heterocycles. The summed E-state index contributed by atoms with van der Waals surface area (Å²) in [4.78, 5) is 28.1. The molecule has 2 heterocycles. The molecule has 2 unspecified atom stereocenters. The molecule has 0 bridgehead atoms. The van der Waals surface area contributed by atoms with Crippen LogP contribution in [0, 0.1) is 12.8 Å². The summed E-state index contributed by atoms with van der Waals surface area (Å²) in [7, 11) is 0. The van der Waals surface area contributed by atoms with Gasteiger partial charge in [0, 0.05) is 30.1 Å². The molecule has 2 amide bonds. The number of hydrogen-bond acceptors (Lipinski definition) is 4. The van der Waals surface area contributed by atoms with Gasteiger partial charge in [-0.15, -0.1) is 11.3 Å². The summed E-state index contributed by atoms with van der Waals surface area (Å²) in [6.07, 6.45) is 1.60. The molecule has 2 rings (SSSR count). The van der Waals surface area contributed by atoms with Gasteiger partial charge in [-0.1, -0.05) is 6.92 Å². The Morgan fingerprint density at radius 2 is 1.95 bits per heavy atom. The lowest BCUT2D eigenvalue weighted by molar-refractivity contribution is -0.136. The zero-order valence-electron chi connectivity index (χ0n) is 13.5. The summed E-state index contributed by atoms with van der Waals surface area (Å²) >= 11 is 1.51. The monoisotopic (exact) mass is 323 g/mol. The molecule has 0 spiro atoms. The summed E-state index contributed by atoms with van der Waals surface area (Å²) in [5.41, 5.74) is 5.80. The highest BCUT2D eigenvalue weighted by Crippen LogP contribution is 2.18. The van der Waals surface area contributed by atoms with Gasteiger partial charge in [-0.05, 0) is 38.8 Å². The van der Waals surface area contributed by atoms with Gasteiger partial charge in [0.1, 0.15) is 0 Å². The van der Waals surface area contributed by atoms with Crippen molar-refractivity contribution in [1.82, 2.24) is 10.2 Å². The Morgan fingerprint density at radius 3 is 2.45 bits per heavy atom. The van der Waals surface area contributed by atoms with Crippen LogP contribution in [-0.4, -0.2) is 41.9 Å². The highest BCUT2D eigenvalue weighted by molar-refractivity contribution is 7.13. The topological polar surface area (TPSA) is 75.4 Å². The van der Waals surface area contributed by atoms with Crippen molar-refractivity contribution in [3.05, 3.63) is 21.9 Å². The summed E-state index contributed by atoms with van der Waals surface area (Å²) in [5, 5.41) is 3.07. The first-order valence-corrected chi connectivity index (χ1v) is 8.61. The zero-order chi connectivity index (χ0) is 16.3. The molecule has 1 fully saturated rings. The van der Waals surface area contributed by atoms with Gasteiger partial charge >= 0.3 is 0 Å². The van der Waals surface area contributed by atoms with E-state index in [4.69, 9.17) is 5.73 Å². The number of aryl methyl sites for hydroxylation is 1. The largest absolute Gasteiger partial charge is 0.348 e. The number of nitrogens with two attached hydrogens (primary N) is 1. The van der Waals surface area contributed by atoms with E-state index >= 15 is 0 Å². The van der Waals surface area contributed by atoms with Crippen molar-refractivity contribution in [3.63, 3.8) is 0 Å². The molecule has 0 aromatic carbocycles. The Morgan fingerprint density at radius 1 is 1.32 bits per heavy atom. The van der Waals surface area contributed by atoms with E-state index in [9.17, 15) is 9.59 Å². The third-order valence-corrected chi connectivity index (χ3v) is 5.28. The molecule has 122 valence electrons. The van der Waals surface area contributed by atoms with Gasteiger partial charge in [0.2, 0.25) is 5.91 Å². The minimum Gasteiger partial charge on any atom is -0.348 e. The van der Waals surface area contributed by atoms with Crippen LogP contribution < -0.4 is 11.1 Å².